The van der Waals surface area contributed by atoms with Gasteiger partial charge in [0.1, 0.15) is 11.7 Å². The minimum atomic E-state index is -0.416. The summed E-state index contributed by atoms with van der Waals surface area (Å²) in [5, 5.41) is 10.8. The maximum absolute atomic E-state index is 12.0. The van der Waals surface area contributed by atoms with Gasteiger partial charge in [-0.05, 0) is 62.4 Å². The van der Waals surface area contributed by atoms with Gasteiger partial charge in [-0.2, -0.15) is 5.26 Å². The van der Waals surface area contributed by atoms with Gasteiger partial charge >= 0.3 is 5.97 Å². The summed E-state index contributed by atoms with van der Waals surface area (Å²) >= 11 is 0. The van der Waals surface area contributed by atoms with Gasteiger partial charge in [0.15, 0.2) is 0 Å². The normalized spacial score (nSPS) is 15.6. The molecule has 3 aromatic rings. The fraction of sp³-hybridized carbons (Fsp3) is 0.292. The first-order valence-corrected chi connectivity index (χ1v) is 9.90. The molecule has 29 heavy (non-hydrogen) atoms. The van der Waals surface area contributed by atoms with Crippen LogP contribution >= 0.6 is 0 Å². The summed E-state index contributed by atoms with van der Waals surface area (Å²) in [6, 6.07) is 12.8. The zero-order chi connectivity index (χ0) is 20.5. The zero-order valence-electron chi connectivity index (χ0n) is 16.9. The molecule has 1 aliphatic rings. The molecular formula is C24H23N3O2. The van der Waals surface area contributed by atoms with Crippen LogP contribution in [0.15, 0.2) is 36.4 Å². The van der Waals surface area contributed by atoms with E-state index >= 15 is 0 Å². The number of pyridine rings is 1. The second kappa shape index (κ2) is 7.56. The van der Waals surface area contributed by atoms with E-state index in [-0.39, 0.29) is 6.04 Å². The van der Waals surface area contributed by atoms with Crippen molar-refractivity contribution >= 4 is 23.1 Å². The van der Waals surface area contributed by atoms with Gasteiger partial charge in [-0.25, -0.2) is 9.78 Å². The molecule has 0 aliphatic heterocycles. The van der Waals surface area contributed by atoms with E-state index in [9.17, 15) is 10.1 Å². The molecule has 0 bridgehead atoms. The highest BCUT2D eigenvalue weighted by atomic mass is 16.5. The summed E-state index contributed by atoms with van der Waals surface area (Å²) in [6.07, 6.45) is 5.02. The van der Waals surface area contributed by atoms with E-state index in [1.165, 1.54) is 17.2 Å². The van der Waals surface area contributed by atoms with Crippen molar-refractivity contribution in [3.63, 3.8) is 0 Å². The summed E-state index contributed by atoms with van der Waals surface area (Å²) in [6.45, 7) is 6.05. The van der Waals surface area contributed by atoms with Crippen LogP contribution in [0.3, 0.4) is 0 Å². The molecule has 4 rings (SSSR count). The van der Waals surface area contributed by atoms with Crippen LogP contribution in [-0.4, -0.2) is 22.1 Å². The number of carbonyl (C=O) groups excluding carboxylic acids is 1. The number of carbonyl (C=O) groups is 1. The van der Waals surface area contributed by atoms with Crippen LogP contribution in [0.1, 0.15) is 53.0 Å². The van der Waals surface area contributed by atoms with Gasteiger partial charge in [0, 0.05) is 17.2 Å². The van der Waals surface area contributed by atoms with Crippen LogP contribution in [-0.2, 0) is 16.0 Å². The number of hydrogen-bond acceptors (Lipinski definition) is 4. The Morgan fingerprint density at radius 3 is 2.93 bits per heavy atom. The van der Waals surface area contributed by atoms with Gasteiger partial charge in [0.05, 0.1) is 23.9 Å². The first-order chi connectivity index (χ1) is 14.0. The molecule has 2 heterocycles. The third-order valence-corrected chi connectivity index (χ3v) is 5.51. The van der Waals surface area contributed by atoms with Crippen molar-refractivity contribution in [3.05, 3.63) is 70.0 Å². The predicted molar refractivity (Wildman–Crippen MR) is 112 cm³/mol. The fourth-order valence-electron chi connectivity index (χ4n) is 4.40. The number of rotatable bonds is 4. The Kier molecular flexibility index (Phi) is 4.94. The lowest BCUT2D eigenvalue weighted by Gasteiger charge is -2.18. The third kappa shape index (κ3) is 3.21. The van der Waals surface area contributed by atoms with Gasteiger partial charge in [-0.1, -0.05) is 24.3 Å². The van der Waals surface area contributed by atoms with Crippen LogP contribution in [0.5, 0.6) is 0 Å². The highest BCUT2D eigenvalue weighted by Crippen LogP contribution is 2.40. The number of fused-ring (bicyclic) bond motifs is 2. The topological polar surface area (TPSA) is 67.9 Å². The lowest BCUT2D eigenvalue weighted by molar-refractivity contribution is -0.137. The molecule has 1 atom stereocenters. The number of nitriles is 1. The highest BCUT2D eigenvalue weighted by Gasteiger charge is 2.29. The quantitative estimate of drug-likeness (QED) is 0.485. The molecule has 0 N–H and O–H groups in total. The molecule has 1 aliphatic carbocycles. The molecule has 2 aromatic heterocycles. The third-order valence-electron chi connectivity index (χ3n) is 5.51. The van der Waals surface area contributed by atoms with E-state index in [1.807, 2.05) is 26.0 Å². The molecular weight excluding hydrogens is 362 g/mol. The zero-order valence-corrected chi connectivity index (χ0v) is 16.9. The van der Waals surface area contributed by atoms with E-state index in [1.54, 1.807) is 13.0 Å². The van der Waals surface area contributed by atoms with Crippen LogP contribution in [0.25, 0.3) is 17.1 Å². The Morgan fingerprint density at radius 1 is 1.38 bits per heavy atom. The van der Waals surface area contributed by atoms with E-state index in [2.05, 4.69) is 28.8 Å². The van der Waals surface area contributed by atoms with Crippen LogP contribution < -0.4 is 0 Å². The minimum absolute atomic E-state index is 0.0753. The molecule has 5 nitrogen and oxygen atoms in total. The molecule has 0 amide bonds. The number of ether oxygens (including phenoxy) is 1. The Hall–Kier alpha value is -3.39. The van der Waals surface area contributed by atoms with Crippen molar-refractivity contribution in [3.8, 4) is 6.07 Å². The SMILES string of the molecule is CCOC(=O)C=Cc1c(C#N)c2c(C)cc(C)nc2n1C1CCc2ccccc21. The number of hydrogen-bond donors (Lipinski definition) is 0. The molecule has 1 aromatic carbocycles. The van der Waals surface area contributed by atoms with Gasteiger partial charge in [0.25, 0.3) is 0 Å². The molecule has 0 fully saturated rings. The average molecular weight is 385 g/mol. The Morgan fingerprint density at radius 2 is 2.17 bits per heavy atom. The standard InChI is InChI=1S/C24H23N3O2/c1-4-29-22(28)12-11-21-19(14-25)23-15(2)13-16(3)26-24(23)27(21)20-10-9-17-7-5-6-8-18(17)20/h5-8,11-13,20H,4,9-10H2,1-3H3. The van der Waals surface area contributed by atoms with Crippen LogP contribution in [0.2, 0.25) is 0 Å². The van der Waals surface area contributed by atoms with Crippen molar-refractivity contribution in [2.45, 2.75) is 39.7 Å². The highest BCUT2D eigenvalue weighted by molar-refractivity contribution is 5.94. The molecule has 5 heteroatoms. The first-order valence-electron chi connectivity index (χ1n) is 9.90. The molecule has 1 unspecified atom stereocenters. The van der Waals surface area contributed by atoms with Crippen molar-refractivity contribution in [1.29, 1.82) is 5.26 Å². The monoisotopic (exact) mass is 385 g/mol. The Balaban J connectivity index is 2.00. The van der Waals surface area contributed by atoms with Crippen LogP contribution in [0, 0.1) is 25.2 Å². The van der Waals surface area contributed by atoms with Crippen LogP contribution in [0.4, 0.5) is 0 Å². The number of aryl methyl sites for hydroxylation is 3. The van der Waals surface area contributed by atoms with Crippen molar-refractivity contribution in [2.75, 3.05) is 6.61 Å². The number of aromatic nitrogens is 2. The maximum Gasteiger partial charge on any atom is 0.330 e. The van der Waals surface area contributed by atoms with Crippen molar-refractivity contribution < 1.29 is 9.53 Å². The second-order valence-corrected chi connectivity index (χ2v) is 7.36. The fourth-order valence-corrected chi connectivity index (χ4v) is 4.40. The van der Waals surface area contributed by atoms with Gasteiger partial charge in [-0.15, -0.1) is 0 Å². The van der Waals surface area contributed by atoms with Crippen molar-refractivity contribution in [2.24, 2.45) is 0 Å². The van der Waals surface area contributed by atoms with Gasteiger partial charge in [0.2, 0.25) is 0 Å². The summed E-state index contributed by atoms with van der Waals surface area (Å²) in [5.74, 6) is -0.416. The predicted octanol–water partition coefficient (Wildman–Crippen LogP) is 4.64. The average Bonchev–Trinajstić information content (AvgIpc) is 3.24. The minimum Gasteiger partial charge on any atom is -0.463 e. The Bertz CT molecular complexity index is 1180. The number of nitrogens with zero attached hydrogens (tertiary/aromatic N) is 3. The van der Waals surface area contributed by atoms with E-state index < -0.39 is 5.97 Å². The van der Waals surface area contributed by atoms with Crippen molar-refractivity contribution in [1.82, 2.24) is 9.55 Å². The lowest BCUT2D eigenvalue weighted by Crippen LogP contribution is -2.10. The summed E-state index contributed by atoms with van der Waals surface area (Å²) in [7, 11) is 0. The second-order valence-electron chi connectivity index (χ2n) is 7.36. The van der Waals surface area contributed by atoms with Gasteiger partial charge < -0.3 is 9.30 Å². The summed E-state index contributed by atoms with van der Waals surface area (Å²) in [5.41, 5.74) is 6.55. The molecule has 0 radical (unpaired) electrons. The summed E-state index contributed by atoms with van der Waals surface area (Å²) < 4.78 is 7.18. The smallest absolute Gasteiger partial charge is 0.330 e. The maximum atomic E-state index is 12.0. The number of benzene rings is 1. The largest absolute Gasteiger partial charge is 0.463 e. The van der Waals surface area contributed by atoms with E-state index in [0.717, 1.165) is 35.1 Å². The van der Waals surface area contributed by atoms with Gasteiger partial charge in [-0.3, -0.25) is 0 Å². The van der Waals surface area contributed by atoms with E-state index in [4.69, 9.17) is 9.72 Å². The molecule has 0 spiro atoms. The molecule has 0 saturated heterocycles. The first kappa shape index (κ1) is 18.9. The lowest BCUT2D eigenvalue weighted by atomic mass is 10.1. The number of esters is 1. The van der Waals surface area contributed by atoms with E-state index in [0.29, 0.717) is 17.9 Å². The molecule has 0 saturated carbocycles. The molecule has 146 valence electrons. The summed E-state index contributed by atoms with van der Waals surface area (Å²) in [4.78, 5) is 16.8. The Labute approximate surface area is 170 Å².